The normalized spacial score (nSPS) is 19.4. The minimum atomic E-state index is -0.0406. The van der Waals surface area contributed by atoms with Crippen LogP contribution in [0.4, 0.5) is 0 Å². The van der Waals surface area contributed by atoms with Crippen LogP contribution in [-0.4, -0.2) is 72.1 Å². The molecule has 28 heavy (non-hydrogen) atoms. The summed E-state index contributed by atoms with van der Waals surface area (Å²) in [5.74, 6) is 1.53. The molecule has 0 bridgehead atoms. The highest BCUT2D eigenvalue weighted by Crippen LogP contribution is 2.42. The summed E-state index contributed by atoms with van der Waals surface area (Å²) in [5.41, 5.74) is 2.44. The molecule has 1 saturated heterocycles. The summed E-state index contributed by atoms with van der Waals surface area (Å²) in [5, 5.41) is 11.4. The van der Waals surface area contributed by atoms with Crippen molar-refractivity contribution in [2.75, 3.05) is 26.2 Å². The molecule has 0 aromatic carbocycles. The molecule has 2 aliphatic rings. The van der Waals surface area contributed by atoms with Crippen molar-refractivity contribution in [1.29, 1.82) is 0 Å². The number of hydrogen-bond donors (Lipinski definition) is 1. The molecule has 2 aromatic heterocycles. The molecule has 4 heterocycles. The molecular formula is C19H30N8O. The number of imidazole rings is 1. The number of aryl methyl sites for hydroxylation is 2. The third kappa shape index (κ3) is 3.43. The molecule has 0 aliphatic carbocycles. The van der Waals surface area contributed by atoms with E-state index in [0.29, 0.717) is 18.9 Å². The van der Waals surface area contributed by atoms with Crippen LogP contribution in [0.15, 0.2) is 6.33 Å². The molecule has 2 aromatic rings. The molecule has 0 radical (unpaired) electrons. The maximum absolute atomic E-state index is 12.7. The van der Waals surface area contributed by atoms with Gasteiger partial charge >= 0.3 is 0 Å². The highest BCUT2D eigenvalue weighted by Gasteiger charge is 2.47. The number of aromatic amines is 1. The van der Waals surface area contributed by atoms with Gasteiger partial charge in [0.05, 0.1) is 24.1 Å². The lowest BCUT2D eigenvalue weighted by Gasteiger charge is -2.51. The van der Waals surface area contributed by atoms with Gasteiger partial charge in [-0.2, -0.15) is 0 Å². The van der Waals surface area contributed by atoms with E-state index in [1.165, 1.54) is 11.4 Å². The van der Waals surface area contributed by atoms with Gasteiger partial charge in [-0.25, -0.2) is 9.67 Å². The summed E-state index contributed by atoms with van der Waals surface area (Å²) >= 11 is 0. The zero-order chi connectivity index (χ0) is 19.7. The second kappa shape index (κ2) is 7.62. The van der Waals surface area contributed by atoms with E-state index in [0.717, 1.165) is 51.3 Å². The van der Waals surface area contributed by atoms with Crippen LogP contribution < -0.4 is 0 Å². The number of aromatic nitrogens is 6. The number of amides is 1. The Bertz CT molecular complexity index is 818. The van der Waals surface area contributed by atoms with Crippen LogP contribution in [0.25, 0.3) is 0 Å². The van der Waals surface area contributed by atoms with E-state index in [1.54, 1.807) is 4.68 Å². The number of carbonyl (C=O) groups excluding carboxylic acids is 1. The smallest absolute Gasteiger partial charge is 0.224 e. The number of rotatable bonds is 5. The second-order valence-corrected chi connectivity index (χ2v) is 8.43. The standard InChI is InChI=1S/C19H30N8O/c1-14(2)12-26-8-4-16-18(21-13-20-16)19(26)6-10-25(11-7-19)17(28)5-9-27-15(3)22-23-24-27/h13-14H,4-12H2,1-3H3,(H,20,21). The maximum atomic E-state index is 12.7. The Balaban J connectivity index is 1.44. The van der Waals surface area contributed by atoms with E-state index < -0.39 is 0 Å². The van der Waals surface area contributed by atoms with E-state index in [-0.39, 0.29) is 11.4 Å². The van der Waals surface area contributed by atoms with Crippen molar-refractivity contribution < 1.29 is 4.79 Å². The number of piperidine rings is 1. The Hall–Kier alpha value is -2.29. The molecular weight excluding hydrogens is 356 g/mol. The molecule has 2 aliphatic heterocycles. The van der Waals surface area contributed by atoms with Crippen LogP contribution in [0, 0.1) is 12.8 Å². The minimum Gasteiger partial charge on any atom is -0.348 e. The number of hydrogen-bond acceptors (Lipinski definition) is 6. The predicted molar refractivity (Wildman–Crippen MR) is 103 cm³/mol. The van der Waals surface area contributed by atoms with Gasteiger partial charge in [-0.3, -0.25) is 9.69 Å². The van der Waals surface area contributed by atoms with Crippen LogP contribution in [0.1, 0.15) is 50.3 Å². The molecule has 1 amide bonds. The molecule has 1 spiro atoms. The van der Waals surface area contributed by atoms with Crippen molar-refractivity contribution in [2.45, 2.75) is 58.5 Å². The van der Waals surface area contributed by atoms with Crippen molar-refractivity contribution in [3.63, 3.8) is 0 Å². The molecule has 0 unspecified atom stereocenters. The number of tetrazole rings is 1. The van der Waals surface area contributed by atoms with E-state index in [9.17, 15) is 4.79 Å². The van der Waals surface area contributed by atoms with Crippen molar-refractivity contribution in [2.24, 2.45) is 5.92 Å². The molecule has 0 saturated carbocycles. The highest BCUT2D eigenvalue weighted by atomic mass is 16.2. The van der Waals surface area contributed by atoms with Gasteiger partial charge in [-0.15, -0.1) is 5.10 Å². The second-order valence-electron chi connectivity index (χ2n) is 8.43. The predicted octanol–water partition coefficient (Wildman–Crippen LogP) is 1.13. The molecule has 9 heteroatoms. The molecule has 1 N–H and O–H groups in total. The van der Waals surface area contributed by atoms with Crippen molar-refractivity contribution in [3.05, 3.63) is 23.5 Å². The average molecular weight is 387 g/mol. The number of likely N-dealkylation sites (tertiary alicyclic amines) is 1. The quantitative estimate of drug-likeness (QED) is 0.827. The number of nitrogens with zero attached hydrogens (tertiary/aromatic N) is 7. The summed E-state index contributed by atoms with van der Waals surface area (Å²) in [6.07, 6.45) is 5.16. The Kier molecular flexibility index (Phi) is 5.18. The molecule has 1 fully saturated rings. The largest absolute Gasteiger partial charge is 0.348 e. The Morgan fingerprint density at radius 3 is 2.75 bits per heavy atom. The van der Waals surface area contributed by atoms with Crippen LogP contribution >= 0.6 is 0 Å². The Labute approximate surface area is 165 Å². The lowest BCUT2D eigenvalue weighted by molar-refractivity contribution is -0.135. The molecule has 0 atom stereocenters. The van der Waals surface area contributed by atoms with Gasteiger partial charge in [0.1, 0.15) is 5.82 Å². The van der Waals surface area contributed by atoms with Gasteiger partial charge < -0.3 is 9.88 Å². The third-order valence-corrected chi connectivity index (χ3v) is 6.17. The van der Waals surface area contributed by atoms with Crippen molar-refractivity contribution in [1.82, 2.24) is 40.0 Å². The maximum Gasteiger partial charge on any atom is 0.224 e. The molecule has 4 rings (SSSR count). The highest BCUT2D eigenvalue weighted by molar-refractivity contribution is 5.76. The van der Waals surface area contributed by atoms with E-state index in [4.69, 9.17) is 4.98 Å². The first kappa shape index (κ1) is 19.0. The fourth-order valence-corrected chi connectivity index (χ4v) is 4.72. The van der Waals surface area contributed by atoms with Crippen molar-refractivity contribution in [3.8, 4) is 0 Å². The average Bonchev–Trinajstić information content (AvgIpc) is 3.32. The van der Waals surface area contributed by atoms with Gasteiger partial charge in [0.25, 0.3) is 0 Å². The summed E-state index contributed by atoms with van der Waals surface area (Å²) in [4.78, 5) is 25.4. The van der Waals surface area contributed by atoms with Gasteiger partial charge in [0.15, 0.2) is 0 Å². The first-order chi connectivity index (χ1) is 13.5. The monoisotopic (exact) mass is 386 g/mol. The Morgan fingerprint density at radius 2 is 2.07 bits per heavy atom. The first-order valence-corrected chi connectivity index (χ1v) is 10.3. The van der Waals surface area contributed by atoms with Crippen LogP contribution in [-0.2, 0) is 23.3 Å². The Morgan fingerprint density at radius 1 is 1.29 bits per heavy atom. The van der Waals surface area contributed by atoms with Crippen molar-refractivity contribution >= 4 is 5.91 Å². The number of carbonyl (C=O) groups is 1. The van der Waals surface area contributed by atoms with Crippen LogP contribution in [0.5, 0.6) is 0 Å². The van der Waals surface area contributed by atoms with Crippen LogP contribution in [0.2, 0.25) is 0 Å². The molecule has 152 valence electrons. The number of nitrogens with one attached hydrogen (secondary N) is 1. The fourth-order valence-electron chi connectivity index (χ4n) is 4.72. The summed E-state index contributed by atoms with van der Waals surface area (Å²) in [6, 6.07) is 0. The lowest BCUT2D eigenvalue weighted by Crippen LogP contribution is -2.57. The van der Waals surface area contributed by atoms with E-state index in [2.05, 4.69) is 39.3 Å². The zero-order valence-electron chi connectivity index (χ0n) is 17.1. The van der Waals surface area contributed by atoms with Crippen LogP contribution in [0.3, 0.4) is 0 Å². The topological polar surface area (TPSA) is 95.8 Å². The SMILES string of the molecule is Cc1nnnn1CCC(=O)N1CCC2(CC1)c1nc[nH]c1CCN2CC(C)C. The minimum absolute atomic E-state index is 0.0406. The summed E-state index contributed by atoms with van der Waals surface area (Å²) < 4.78 is 1.69. The van der Waals surface area contributed by atoms with E-state index in [1.807, 2.05) is 18.2 Å². The first-order valence-electron chi connectivity index (χ1n) is 10.3. The van der Waals surface area contributed by atoms with Gasteiger partial charge in [0.2, 0.25) is 5.91 Å². The zero-order valence-corrected chi connectivity index (χ0v) is 17.1. The van der Waals surface area contributed by atoms with Gasteiger partial charge in [0, 0.05) is 44.7 Å². The molecule has 9 nitrogen and oxygen atoms in total. The summed E-state index contributed by atoms with van der Waals surface area (Å²) in [6.45, 7) is 10.6. The lowest BCUT2D eigenvalue weighted by atomic mass is 9.78. The van der Waals surface area contributed by atoms with Gasteiger partial charge in [-0.1, -0.05) is 13.8 Å². The number of H-pyrrole nitrogens is 1. The summed E-state index contributed by atoms with van der Waals surface area (Å²) in [7, 11) is 0. The van der Waals surface area contributed by atoms with Gasteiger partial charge in [-0.05, 0) is 36.1 Å². The third-order valence-electron chi connectivity index (χ3n) is 6.17. The fraction of sp³-hybridized carbons (Fsp3) is 0.737. The number of fused-ring (bicyclic) bond motifs is 2. The van der Waals surface area contributed by atoms with E-state index >= 15 is 0 Å².